The lowest BCUT2D eigenvalue weighted by molar-refractivity contribution is 0.186. The van der Waals surface area contributed by atoms with E-state index in [2.05, 4.69) is 24.8 Å². The van der Waals surface area contributed by atoms with Crippen molar-refractivity contribution in [2.45, 2.75) is 6.54 Å². The highest BCUT2D eigenvalue weighted by Crippen LogP contribution is 2.23. The first-order chi connectivity index (χ1) is 14.6. The molecule has 1 fully saturated rings. The zero-order valence-electron chi connectivity index (χ0n) is 17.7. The molecule has 0 atom stereocenters. The topological polar surface area (TPSA) is 79.6 Å². The monoisotopic (exact) mass is 409 g/mol. The van der Waals surface area contributed by atoms with Crippen LogP contribution in [-0.2, 0) is 11.3 Å². The maximum Gasteiger partial charge on any atom is 0.261 e. The van der Waals surface area contributed by atoms with Crippen molar-refractivity contribution in [2.75, 3.05) is 68.7 Å². The van der Waals surface area contributed by atoms with E-state index >= 15 is 0 Å². The summed E-state index contributed by atoms with van der Waals surface area (Å²) in [5, 5.41) is 0.633. The Balaban J connectivity index is 1.48. The van der Waals surface area contributed by atoms with Crippen molar-refractivity contribution in [2.24, 2.45) is 0 Å². The minimum Gasteiger partial charge on any atom is -0.383 e. The van der Waals surface area contributed by atoms with Gasteiger partial charge in [0.1, 0.15) is 18.0 Å². The molecule has 1 aliphatic heterocycles. The predicted octanol–water partition coefficient (Wildman–Crippen LogP) is 1.23. The number of anilines is 3. The Labute approximate surface area is 175 Å². The van der Waals surface area contributed by atoms with Gasteiger partial charge in [-0.1, -0.05) is 0 Å². The van der Waals surface area contributed by atoms with Crippen LogP contribution in [0.3, 0.4) is 0 Å². The van der Waals surface area contributed by atoms with Crippen molar-refractivity contribution in [1.82, 2.24) is 19.5 Å². The first-order valence-corrected chi connectivity index (χ1v) is 10.0. The lowest BCUT2D eigenvalue weighted by Gasteiger charge is -2.36. The van der Waals surface area contributed by atoms with Gasteiger partial charge in [0.15, 0.2) is 0 Å². The molecule has 1 aromatic carbocycles. The van der Waals surface area contributed by atoms with Gasteiger partial charge < -0.3 is 19.4 Å². The van der Waals surface area contributed by atoms with Crippen LogP contribution in [0.5, 0.6) is 0 Å². The van der Waals surface area contributed by atoms with E-state index in [0.717, 1.165) is 49.0 Å². The zero-order chi connectivity index (χ0) is 21.1. The molecule has 9 heteroatoms. The van der Waals surface area contributed by atoms with Crippen LogP contribution in [0.2, 0.25) is 0 Å². The molecule has 1 aliphatic rings. The second kappa shape index (κ2) is 8.66. The molecule has 1 saturated heterocycles. The summed E-state index contributed by atoms with van der Waals surface area (Å²) in [6.45, 7) is 4.47. The number of hydrogen-bond acceptors (Lipinski definition) is 8. The molecule has 158 valence electrons. The number of fused-ring (bicyclic) bond motifs is 1. The number of piperazine rings is 1. The van der Waals surface area contributed by atoms with Crippen LogP contribution < -0.4 is 20.3 Å². The predicted molar refractivity (Wildman–Crippen MR) is 119 cm³/mol. The SMILES string of the molecule is COCCn1cnc2cc(N3CCN(c4cc(N(C)C)ncn4)CC3)ccc2c1=O. The number of ether oxygens (including phenoxy) is 1. The molecule has 0 N–H and O–H groups in total. The molecule has 0 aliphatic carbocycles. The Morgan fingerprint density at radius 1 is 1.03 bits per heavy atom. The Bertz CT molecular complexity index is 1070. The molecule has 4 rings (SSSR count). The third-order valence-corrected chi connectivity index (χ3v) is 5.41. The molecule has 3 heterocycles. The van der Waals surface area contributed by atoms with Crippen molar-refractivity contribution in [3.8, 4) is 0 Å². The van der Waals surface area contributed by atoms with Crippen molar-refractivity contribution in [3.63, 3.8) is 0 Å². The Morgan fingerprint density at radius 3 is 2.53 bits per heavy atom. The average Bonchev–Trinajstić information content (AvgIpc) is 2.78. The molecule has 0 spiro atoms. The molecular weight excluding hydrogens is 382 g/mol. The number of benzene rings is 1. The zero-order valence-corrected chi connectivity index (χ0v) is 17.7. The highest BCUT2D eigenvalue weighted by atomic mass is 16.5. The Morgan fingerprint density at radius 2 is 1.80 bits per heavy atom. The number of rotatable bonds is 6. The smallest absolute Gasteiger partial charge is 0.261 e. The Hall–Kier alpha value is -3.20. The van der Waals surface area contributed by atoms with Gasteiger partial charge in [-0.05, 0) is 18.2 Å². The van der Waals surface area contributed by atoms with Crippen LogP contribution in [0.25, 0.3) is 10.9 Å². The molecule has 0 amide bonds. The molecule has 0 saturated carbocycles. The highest BCUT2D eigenvalue weighted by Gasteiger charge is 2.19. The normalized spacial score (nSPS) is 14.4. The van der Waals surface area contributed by atoms with Gasteiger partial charge in [-0.2, -0.15) is 0 Å². The Kier molecular flexibility index (Phi) is 5.80. The van der Waals surface area contributed by atoms with E-state index in [9.17, 15) is 4.79 Å². The van der Waals surface area contributed by atoms with Gasteiger partial charge in [0.2, 0.25) is 0 Å². The van der Waals surface area contributed by atoms with E-state index in [4.69, 9.17) is 4.74 Å². The minimum atomic E-state index is -0.0334. The summed E-state index contributed by atoms with van der Waals surface area (Å²) in [6, 6.07) is 7.91. The van der Waals surface area contributed by atoms with E-state index in [1.54, 1.807) is 24.3 Å². The number of aromatic nitrogens is 4. The quantitative estimate of drug-likeness (QED) is 0.601. The fraction of sp³-hybridized carbons (Fsp3) is 0.429. The third-order valence-electron chi connectivity index (χ3n) is 5.41. The largest absolute Gasteiger partial charge is 0.383 e. The van der Waals surface area contributed by atoms with Crippen LogP contribution in [-0.4, -0.2) is 73.5 Å². The van der Waals surface area contributed by atoms with Gasteiger partial charge in [0.25, 0.3) is 5.56 Å². The van der Waals surface area contributed by atoms with Gasteiger partial charge in [0.05, 0.1) is 30.4 Å². The maximum atomic E-state index is 12.6. The van der Waals surface area contributed by atoms with Gasteiger partial charge in [-0.3, -0.25) is 9.36 Å². The van der Waals surface area contributed by atoms with E-state index in [0.29, 0.717) is 18.5 Å². The molecule has 3 aromatic rings. The summed E-state index contributed by atoms with van der Waals surface area (Å²) in [7, 11) is 5.58. The number of hydrogen-bond donors (Lipinski definition) is 0. The first kappa shape index (κ1) is 20.1. The van der Waals surface area contributed by atoms with Crippen LogP contribution in [0.15, 0.2) is 41.7 Å². The van der Waals surface area contributed by atoms with Crippen molar-refractivity contribution in [1.29, 1.82) is 0 Å². The maximum absolute atomic E-state index is 12.6. The summed E-state index contributed by atoms with van der Waals surface area (Å²) in [5.41, 5.74) is 1.77. The lowest BCUT2D eigenvalue weighted by atomic mass is 10.2. The molecule has 0 radical (unpaired) electrons. The fourth-order valence-corrected chi connectivity index (χ4v) is 3.64. The minimum absolute atomic E-state index is 0.0334. The van der Waals surface area contributed by atoms with Crippen molar-refractivity contribution >= 4 is 28.2 Å². The van der Waals surface area contributed by atoms with Crippen LogP contribution in [0.1, 0.15) is 0 Å². The third kappa shape index (κ3) is 4.06. The molecule has 9 nitrogen and oxygen atoms in total. The van der Waals surface area contributed by atoms with Crippen molar-refractivity contribution in [3.05, 3.63) is 47.3 Å². The van der Waals surface area contributed by atoms with E-state index in [1.165, 1.54) is 0 Å². The van der Waals surface area contributed by atoms with E-state index in [1.807, 2.05) is 43.3 Å². The standard InChI is InChI=1S/C21H27N7O2/c1-25(2)19-13-20(23-14-22-19)27-8-6-26(7-9-27)16-4-5-17-18(12-16)24-15-28(21(17)29)10-11-30-3/h4-5,12-15H,6-11H2,1-3H3. The highest BCUT2D eigenvalue weighted by molar-refractivity contribution is 5.81. The van der Waals surface area contributed by atoms with Gasteiger partial charge in [-0.25, -0.2) is 15.0 Å². The summed E-state index contributed by atoms with van der Waals surface area (Å²) in [5.74, 6) is 1.85. The summed E-state index contributed by atoms with van der Waals surface area (Å²) in [4.78, 5) is 32.4. The summed E-state index contributed by atoms with van der Waals surface area (Å²) in [6.07, 6.45) is 3.22. The van der Waals surface area contributed by atoms with Crippen LogP contribution in [0, 0.1) is 0 Å². The number of nitrogens with zero attached hydrogens (tertiary/aromatic N) is 7. The van der Waals surface area contributed by atoms with Gasteiger partial charge in [0, 0.05) is 59.1 Å². The van der Waals surface area contributed by atoms with Gasteiger partial charge in [-0.15, -0.1) is 0 Å². The molecule has 0 unspecified atom stereocenters. The number of methoxy groups -OCH3 is 1. The van der Waals surface area contributed by atoms with E-state index < -0.39 is 0 Å². The van der Waals surface area contributed by atoms with Gasteiger partial charge >= 0.3 is 0 Å². The van der Waals surface area contributed by atoms with Crippen LogP contribution >= 0.6 is 0 Å². The fourth-order valence-electron chi connectivity index (χ4n) is 3.64. The lowest BCUT2D eigenvalue weighted by Crippen LogP contribution is -2.46. The molecule has 30 heavy (non-hydrogen) atoms. The average molecular weight is 409 g/mol. The first-order valence-electron chi connectivity index (χ1n) is 10.0. The molecule has 0 bridgehead atoms. The van der Waals surface area contributed by atoms with Crippen molar-refractivity contribution < 1.29 is 4.74 Å². The summed E-state index contributed by atoms with van der Waals surface area (Å²) >= 11 is 0. The van der Waals surface area contributed by atoms with E-state index in [-0.39, 0.29) is 5.56 Å². The second-order valence-corrected chi connectivity index (χ2v) is 7.54. The summed E-state index contributed by atoms with van der Waals surface area (Å²) < 4.78 is 6.65. The van der Waals surface area contributed by atoms with Crippen LogP contribution in [0.4, 0.5) is 17.3 Å². The molecule has 2 aromatic heterocycles. The second-order valence-electron chi connectivity index (χ2n) is 7.54. The molecular formula is C21H27N7O2.